The molecule has 41 heavy (non-hydrogen) atoms. The Labute approximate surface area is 246 Å². The molecule has 240 valence electrons. The first-order valence-electron chi connectivity index (χ1n) is 15.6. The molecule has 0 aromatic rings. The van der Waals surface area contributed by atoms with Crippen molar-refractivity contribution in [1.29, 1.82) is 0 Å². The van der Waals surface area contributed by atoms with E-state index < -0.39 is 38.4 Å². The van der Waals surface area contributed by atoms with Crippen LogP contribution in [-0.4, -0.2) is 52.1 Å². The van der Waals surface area contributed by atoms with Crippen LogP contribution >= 0.6 is 7.82 Å². The number of hydrogen-bond donors (Lipinski definition) is 3. The molecule has 0 saturated heterocycles. The minimum absolute atomic E-state index is 0.0915. The number of allylic oxidation sites excluding steroid dienone is 2. The van der Waals surface area contributed by atoms with Crippen LogP contribution in [0.5, 0.6) is 0 Å². The lowest BCUT2D eigenvalue weighted by atomic mass is 10.1. The predicted octanol–water partition coefficient (Wildman–Crippen LogP) is 7.40. The summed E-state index contributed by atoms with van der Waals surface area (Å²) < 4.78 is 25.9. The third-order valence-corrected chi connectivity index (χ3v) is 7.06. The van der Waals surface area contributed by atoms with Gasteiger partial charge < -0.3 is 24.4 Å². The van der Waals surface area contributed by atoms with Gasteiger partial charge in [-0.05, 0) is 44.9 Å². The fraction of sp³-hybridized carbons (Fsp3) is 0.833. The highest BCUT2D eigenvalue weighted by molar-refractivity contribution is 7.46. The second-order valence-electron chi connectivity index (χ2n) is 10.6. The molecule has 0 saturated carbocycles. The Hall–Kier alpha value is -1.74. The lowest BCUT2D eigenvalue weighted by Gasteiger charge is -2.18. The van der Waals surface area contributed by atoms with E-state index in [1.807, 2.05) is 0 Å². The maximum Gasteiger partial charge on any atom is 0.469 e. The Morgan fingerprint density at radius 3 is 1.63 bits per heavy atom. The Morgan fingerprint density at radius 1 is 0.659 bits per heavy atom. The second kappa shape index (κ2) is 27.1. The van der Waals surface area contributed by atoms with E-state index in [-0.39, 0.29) is 25.9 Å². The Bertz CT molecular complexity index is 750. The number of hydrogen-bond acceptors (Lipinski definition) is 7. The van der Waals surface area contributed by atoms with Gasteiger partial charge in [-0.1, -0.05) is 89.7 Å². The molecule has 3 N–H and O–H groups in total. The average Bonchev–Trinajstić information content (AvgIpc) is 2.91. The summed E-state index contributed by atoms with van der Waals surface area (Å²) in [7, 11) is -4.78. The molecule has 0 unspecified atom stereocenters. The highest BCUT2D eigenvalue weighted by Crippen LogP contribution is 2.35. The van der Waals surface area contributed by atoms with Crippen LogP contribution in [-0.2, 0) is 32.9 Å². The third-order valence-electron chi connectivity index (χ3n) is 6.57. The van der Waals surface area contributed by atoms with E-state index in [1.54, 1.807) is 0 Å². The third kappa shape index (κ3) is 31.0. The first-order chi connectivity index (χ1) is 19.6. The summed E-state index contributed by atoms with van der Waals surface area (Å²) in [5.41, 5.74) is 0. The van der Waals surface area contributed by atoms with Crippen molar-refractivity contribution in [3.8, 4) is 0 Å². The number of phosphoric acid groups is 1. The number of unbranched alkanes of at least 4 members (excludes halogenated alkanes) is 15. The smallest absolute Gasteiger partial charge is 0.469 e. The molecule has 0 amide bonds. The molecule has 10 nitrogen and oxygen atoms in total. The van der Waals surface area contributed by atoms with E-state index in [9.17, 15) is 18.9 Å². The maximum atomic E-state index is 12.1. The zero-order chi connectivity index (χ0) is 30.6. The van der Waals surface area contributed by atoms with Gasteiger partial charge in [0.05, 0.1) is 6.61 Å². The van der Waals surface area contributed by atoms with E-state index in [0.29, 0.717) is 19.3 Å². The first-order valence-corrected chi connectivity index (χ1v) is 17.1. The van der Waals surface area contributed by atoms with Gasteiger partial charge in [0, 0.05) is 19.3 Å². The van der Waals surface area contributed by atoms with Crippen molar-refractivity contribution in [1.82, 2.24) is 0 Å². The standard InChI is InChI=1S/C30H55O10P/c1-2-3-4-5-6-7-8-9-10-11-12-13-14-17-20-23-29(33)38-25-27(26-39-41(35,36)37)40-30(34)24-21-18-15-16-19-22-28(31)32/h9-10,27H,2-8,11-26H2,1H3,(H,31,32)(H2,35,36,37)/b10-9-/t27-/m1/s1. The van der Waals surface area contributed by atoms with Gasteiger partial charge in [0.25, 0.3) is 0 Å². The molecule has 0 radical (unpaired) electrons. The van der Waals surface area contributed by atoms with Crippen LogP contribution in [0.15, 0.2) is 12.2 Å². The van der Waals surface area contributed by atoms with Gasteiger partial charge >= 0.3 is 25.7 Å². The molecule has 0 aromatic heterocycles. The normalized spacial score (nSPS) is 12.5. The van der Waals surface area contributed by atoms with Crippen molar-refractivity contribution in [2.45, 2.75) is 148 Å². The lowest BCUT2D eigenvalue weighted by Crippen LogP contribution is -2.29. The molecular weight excluding hydrogens is 551 g/mol. The molecule has 0 aliphatic rings. The summed E-state index contributed by atoms with van der Waals surface area (Å²) in [6, 6.07) is 0. The molecule has 0 heterocycles. The van der Waals surface area contributed by atoms with Crippen LogP contribution in [0.25, 0.3) is 0 Å². The van der Waals surface area contributed by atoms with Gasteiger partial charge in [0.2, 0.25) is 0 Å². The molecule has 1 atom stereocenters. The van der Waals surface area contributed by atoms with Gasteiger partial charge in [-0.25, -0.2) is 4.57 Å². The summed E-state index contributed by atoms with van der Waals surface area (Å²) in [5, 5.41) is 8.63. The number of phosphoric ester groups is 1. The van der Waals surface area contributed by atoms with Crippen molar-refractivity contribution in [3.05, 3.63) is 12.2 Å². The lowest BCUT2D eigenvalue weighted by molar-refractivity contribution is -0.161. The molecule has 0 aliphatic carbocycles. The number of carboxylic acid groups (broad SMARTS) is 1. The van der Waals surface area contributed by atoms with Crippen molar-refractivity contribution in [2.24, 2.45) is 0 Å². The van der Waals surface area contributed by atoms with E-state index in [1.165, 1.54) is 38.5 Å². The van der Waals surface area contributed by atoms with Crippen molar-refractivity contribution in [3.63, 3.8) is 0 Å². The number of rotatable bonds is 29. The topological polar surface area (TPSA) is 157 Å². The number of aliphatic carboxylic acids is 1. The molecule has 0 aromatic carbocycles. The van der Waals surface area contributed by atoms with Gasteiger partial charge in [0.1, 0.15) is 6.61 Å². The van der Waals surface area contributed by atoms with Crippen molar-refractivity contribution < 1.29 is 47.8 Å². The fourth-order valence-corrected chi connectivity index (χ4v) is 4.58. The highest BCUT2D eigenvalue weighted by Gasteiger charge is 2.22. The zero-order valence-corrected chi connectivity index (χ0v) is 26.0. The SMILES string of the molecule is CCCCCCCC/C=C\CCCCCCCC(=O)OC[C@H](COP(=O)(O)O)OC(=O)CCCCCCCC(=O)O. The molecule has 0 bridgehead atoms. The summed E-state index contributed by atoms with van der Waals surface area (Å²) >= 11 is 0. The first kappa shape index (κ1) is 39.3. The molecule has 0 fully saturated rings. The maximum absolute atomic E-state index is 12.1. The summed E-state index contributed by atoms with van der Waals surface area (Å²) in [6.07, 6.45) is 22.3. The Kier molecular flexibility index (Phi) is 26.0. The van der Waals surface area contributed by atoms with Gasteiger partial charge in [-0.3, -0.25) is 18.9 Å². The monoisotopic (exact) mass is 606 g/mol. The summed E-state index contributed by atoms with van der Waals surface area (Å²) in [4.78, 5) is 52.7. The number of esters is 2. The molecular formula is C30H55O10P. The molecule has 0 spiro atoms. The van der Waals surface area contributed by atoms with Crippen molar-refractivity contribution in [2.75, 3.05) is 13.2 Å². The molecule has 11 heteroatoms. The largest absolute Gasteiger partial charge is 0.481 e. The molecule has 0 aliphatic heterocycles. The summed E-state index contributed by atoms with van der Waals surface area (Å²) in [6.45, 7) is 1.30. The Morgan fingerprint density at radius 2 is 1.12 bits per heavy atom. The van der Waals surface area contributed by atoms with Gasteiger partial charge in [-0.15, -0.1) is 0 Å². The second-order valence-corrected chi connectivity index (χ2v) is 11.8. The van der Waals surface area contributed by atoms with Gasteiger partial charge in [0.15, 0.2) is 6.10 Å². The average molecular weight is 607 g/mol. The quantitative estimate of drug-likeness (QED) is 0.0339. The van der Waals surface area contributed by atoms with Crippen LogP contribution in [0.1, 0.15) is 142 Å². The Balaban J connectivity index is 4.00. The van der Waals surface area contributed by atoms with Crippen LogP contribution in [0.2, 0.25) is 0 Å². The number of carbonyl (C=O) groups excluding carboxylic acids is 2. The number of carboxylic acids is 1. The van der Waals surface area contributed by atoms with Crippen LogP contribution in [0.4, 0.5) is 0 Å². The van der Waals surface area contributed by atoms with E-state index in [2.05, 4.69) is 23.6 Å². The van der Waals surface area contributed by atoms with E-state index >= 15 is 0 Å². The number of carbonyl (C=O) groups is 3. The molecule has 0 rings (SSSR count). The fourth-order valence-electron chi connectivity index (χ4n) is 4.22. The van der Waals surface area contributed by atoms with Crippen LogP contribution in [0.3, 0.4) is 0 Å². The summed E-state index contributed by atoms with van der Waals surface area (Å²) in [5.74, 6) is -1.87. The van der Waals surface area contributed by atoms with Crippen LogP contribution in [0, 0.1) is 0 Å². The predicted molar refractivity (Wildman–Crippen MR) is 158 cm³/mol. The van der Waals surface area contributed by atoms with E-state index in [4.69, 9.17) is 24.4 Å². The number of ether oxygens (including phenoxy) is 2. The zero-order valence-electron chi connectivity index (χ0n) is 25.1. The minimum atomic E-state index is -4.78. The van der Waals surface area contributed by atoms with E-state index in [0.717, 1.165) is 57.8 Å². The van der Waals surface area contributed by atoms with Crippen molar-refractivity contribution >= 4 is 25.7 Å². The highest BCUT2D eigenvalue weighted by atomic mass is 31.2. The van der Waals surface area contributed by atoms with Gasteiger partial charge in [-0.2, -0.15) is 0 Å². The van der Waals surface area contributed by atoms with Crippen LogP contribution < -0.4 is 0 Å². The minimum Gasteiger partial charge on any atom is -0.481 e.